The van der Waals surface area contributed by atoms with Crippen LogP contribution in [0.25, 0.3) is 5.69 Å². The minimum atomic E-state index is 0.552. The summed E-state index contributed by atoms with van der Waals surface area (Å²) in [4.78, 5) is 0. The standard InChI is InChI=1S/C14H17N3O2/c1-9-7-10(3-4-13(9)18-2)17-12-5-6-19-8-11(12)14(15)16-17/h3-4,7H,5-6,8H2,1-2H3,(H2,15,16). The zero-order valence-corrected chi connectivity index (χ0v) is 11.1. The highest BCUT2D eigenvalue weighted by Gasteiger charge is 2.20. The summed E-state index contributed by atoms with van der Waals surface area (Å²) < 4.78 is 12.6. The maximum Gasteiger partial charge on any atom is 0.151 e. The van der Waals surface area contributed by atoms with Crippen LogP contribution in [0.2, 0.25) is 0 Å². The van der Waals surface area contributed by atoms with Gasteiger partial charge in [-0.05, 0) is 30.7 Å². The van der Waals surface area contributed by atoms with Crippen LogP contribution < -0.4 is 10.5 Å². The van der Waals surface area contributed by atoms with Gasteiger partial charge in [-0.1, -0.05) is 0 Å². The SMILES string of the molecule is COc1ccc(-n2nc(N)c3c2CCOC3)cc1C. The van der Waals surface area contributed by atoms with Gasteiger partial charge in [-0.25, -0.2) is 4.68 Å². The average molecular weight is 259 g/mol. The number of anilines is 1. The fourth-order valence-electron chi connectivity index (χ4n) is 2.47. The lowest BCUT2D eigenvalue weighted by molar-refractivity contribution is 0.110. The first-order valence-electron chi connectivity index (χ1n) is 6.29. The van der Waals surface area contributed by atoms with Crippen molar-refractivity contribution in [2.45, 2.75) is 20.0 Å². The van der Waals surface area contributed by atoms with Gasteiger partial charge in [0.2, 0.25) is 0 Å². The minimum Gasteiger partial charge on any atom is -0.496 e. The van der Waals surface area contributed by atoms with E-state index in [9.17, 15) is 0 Å². The van der Waals surface area contributed by atoms with Crippen molar-refractivity contribution < 1.29 is 9.47 Å². The molecule has 1 aliphatic rings. The largest absolute Gasteiger partial charge is 0.496 e. The topological polar surface area (TPSA) is 62.3 Å². The van der Waals surface area contributed by atoms with E-state index >= 15 is 0 Å². The number of benzene rings is 1. The van der Waals surface area contributed by atoms with Gasteiger partial charge >= 0.3 is 0 Å². The monoisotopic (exact) mass is 259 g/mol. The Bertz CT molecular complexity index is 619. The highest BCUT2D eigenvalue weighted by molar-refractivity contribution is 5.50. The molecule has 0 bridgehead atoms. The third-order valence-electron chi connectivity index (χ3n) is 3.47. The smallest absolute Gasteiger partial charge is 0.151 e. The molecule has 2 N–H and O–H groups in total. The van der Waals surface area contributed by atoms with Crippen molar-refractivity contribution in [2.24, 2.45) is 0 Å². The molecular weight excluding hydrogens is 242 g/mol. The van der Waals surface area contributed by atoms with Crippen LogP contribution in [0.15, 0.2) is 18.2 Å². The van der Waals surface area contributed by atoms with Crippen LogP contribution in [0.5, 0.6) is 5.75 Å². The summed E-state index contributed by atoms with van der Waals surface area (Å²) in [5.41, 5.74) is 10.2. The maximum atomic E-state index is 5.96. The van der Waals surface area contributed by atoms with Crippen LogP contribution >= 0.6 is 0 Å². The molecule has 0 radical (unpaired) electrons. The highest BCUT2D eigenvalue weighted by atomic mass is 16.5. The van der Waals surface area contributed by atoms with Gasteiger partial charge in [0.1, 0.15) is 5.75 Å². The fraction of sp³-hybridized carbons (Fsp3) is 0.357. The molecule has 1 aromatic carbocycles. The molecule has 19 heavy (non-hydrogen) atoms. The molecule has 0 amide bonds. The lowest BCUT2D eigenvalue weighted by atomic mass is 10.1. The van der Waals surface area contributed by atoms with Crippen molar-refractivity contribution >= 4 is 5.82 Å². The number of nitrogens with two attached hydrogens (primary N) is 1. The van der Waals surface area contributed by atoms with E-state index in [0.29, 0.717) is 19.0 Å². The van der Waals surface area contributed by atoms with Crippen LogP contribution in [0, 0.1) is 6.92 Å². The molecule has 1 aromatic heterocycles. The lowest BCUT2D eigenvalue weighted by Gasteiger charge is -2.15. The number of ether oxygens (including phenoxy) is 2. The number of nitrogen functional groups attached to an aromatic ring is 1. The molecule has 1 aliphatic heterocycles. The van der Waals surface area contributed by atoms with E-state index in [4.69, 9.17) is 15.2 Å². The summed E-state index contributed by atoms with van der Waals surface area (Å²) in [5, 5.41) is 4.43. The Kier molecular flexibility index (Phi) is 2.91. The number of aryl methyl sites for hydroxylation is 1. The molecule has 5 nitrogen and oxygen atoms in total. The van der Waals surface area contributed by atoms with E-state index in [-0.39, 0.29) is 0 Å². The number of hydrogen-bond donors (Lipinski definition) is 1. The first-order valence-corrected chi connectivity index (χ1v) is 6.29. The second-order valence-corrected chi connectivity index (χ2v) is 4.68. The number of rotatable bonds is 2. The first-order chi connectivity index (χ1) is 9.20. The summed E-state index contributed by atoms with van der Waals surface area (Å²) in [6.07, 6.45) is 0.838. The van der Waals surface area contributed by atoms with Crippen molar-refractivity contribution in [3.05, 3.63) is 35.0 Å². The van der Waals surface area contributed by atoms with Crippen molar-refractivity contribution in [3.63, 3.8) is 0 Å². The van der Waals surface area contributed by atoms with Gasteiger partial charge in [-0.3, -0.25) is 0 Å². The first kappa shape index (κ1) is 12.0. The Morgan fingerprint density at radius 2 is 2.26 bits per heavy atom. The molecule has 0 aliphatic carbocycles. The second kappa shape index (κ2) is 4.59. The Morgan fingerprint density at radius 3 is 3.00 bits per heavy atom. The van der Waals surface area contributed by atoms with E-state index in [1.54, 1.807) is 7.11 Å². The molecule has 3 rings (SSSR count). The number of hydrogen-bond acceptors (Lipinski definition) is 4. The van der Waals surface area contributed by atoms with E-state index in [1.165, 1.54) is 0 Å². The van der Waals surface area contributed by atoms with Crippen LogP contribution in [0.1, 0.15) is 16.8 Å². The zero-order valence-electron chi connectivity index (χ0n) is 11.1. The van der Waals surface area contributed by atoms with Gasteiger partial charge in [-0.15, -0.1) is 0 Å². The predicted molar refractivity (Wildman–Crippen MR) is 72.6 cm³/mol. The molecular formula is C14H17N3O2. The van der Waals surface area contributed by atoms with Crippen molar-refractivity contribution in [3.8, 4) is 11.4 Å². The fourth-order valence-corrected chi connectivity index (χ4v) is 2.47. The molecule has 0 saturated heterocycles. The zero-order chi connectivity index (χ0) is 13.4. The van der Waals surface area contributed by atoms with E-state index < -0.39 is 0 Å². The second-order valence-electron chi connectivity index (χ2n) is 4.68. The van der Waals surface area contributed by atoms with E-state index in [1.807, 2.05) is 23.7 Å². The molecule has 0 atom stereocenters. The third-order valence-corrected chi connectivity index (χ3v) is 3.47. The van der Waals surface area contributed by atoms with Gasteiger partial charge in [0, 0.05) is 12.0 Å². The number of nitrogens with zero attached hydrogens (tertiary/aromatic N) is 2. The van der Waals surface area contributed by atoms with Gasteiger partial charge in [0.25, 0.3) is 0 Å². The van der Waals surface area contributed by atoms with E-state index in [0.717, 1.165) is 34.7 Å². The highest BCUT2D eigenvalue weighted by Crippen LogP contribution is 2.27. The Hall–Kier alpha value is -2.01. The average Bonchev–Trinajstić information content (AvgIpc) is 2.77. The van der Waals surface area contributed by atoms with Gasteiger partial charge in [-0.2, -0.15) is 5.10 Å². The Balaban J connectivity index is 2.09. The molecule has 2 aromatic rings. The lowest BCUT2D eigenvalue weighted by Crippen LogP contribution is -2.13. The van der Waals surface area contributed by atoms with Crippen molar-refractivity contribution in [2.75, 3.05) is 19.5 Å². The molecule has 5 heteroatoms. The summed E-state index contributed by atoms with van der Waals surface area (Å²) in [7, 11) is 1.67. The van der Waals surface area contributed by atoms with Crippen molar-refractivity contribution in [1.82, 2.24) is 9.78 Å². The molecule has 2 heterocycles. The minimum absolute atomic E-state index is 0.552. The molecule has 0 saturated carbocycles. The summed E-state index contributed by atoms with van der Waals surface area (Å²) in [6.45, 7) is 3.29. The Labute approximate surface area is 111 Å². The third kappa shape index (κ3) is 1.96. The maximum absolute atomic E-state index is 5.96. The van der Waals surface area contributed by atoms with E-state index in [2.05, 4.69) is 11.2 Å². The number of aromatic nitrogens is 2. The quantitative estimate of drug-likeness (QED) is 0.894. The van der Waals surface area contributed by atoms with Crippen molar-refractivity contribution in [1.29, 1.82) is 0 Å². The summed E-state index contributed by atoms with van der Waals surface area (Å²) >= 11 is 0. The normalized spacial score (nSPS) is 14.2. The van der Waals surface area contributed by atoms with Crippen LogP contribution in [0.3, 0.4) is 0 Å². The van der Waals surface area contributed by atoms with Crippen LogP contribution in [-0.2, 0) is 17.8 Å². The van der Waals surface area contributed by atoms with Gasteiger partial charge in [0.15, 0.2) is 5.82 Å². The van der Waals surface area contributed by atoms with Gasteiger partial charge in [0.05, 0.1) is 31.7 Å². The molecule has 100 valence electrons. The van der Waals surface area contributed by atoms with Crippen LogP contribution in [-0.4, -0.2) is 23.5 Å². The number of methoxy groups -OCH3 is 1. The predicted octanol–water partition coefficient (Wildman–Crippen LogP) is 1.84. The molecule has 0 fully saturated rings. The summed E-state index contributed by atoms with van der Waals surface area (Å²) in [5.74, 6) is 1.43. The Morgan fingerprint density at radius 1 is 1.42 bits per heavy atom. The summed E-state index contributed by atoms with van der Waals surface area (Å²) in [6, 6.07) is 6.00. The molecule has 0 spiro atoms. The van der Waals surface area contributed by atoms with Gasteiger partial charge < -0.3 is 15.2 Å². The molecule has 0 unspecified atom stereocenters. The van der Waals surface area contributed by atoms with Crippen LogP contribution in [0.4, 0.5) is 5.82 Å². The number of fused-ring (bicyclic) bond motifs is 1.